The van der Waals surface area contributed by atoms with Crippen LogP contribution in [0.1, 0.15) is 13.8 Å². The van der Waals surface area contributed by atoms with Crippen molar-refractivity contribution in [3.05, 3.63) is 0 Å². The van der Waals surface area contributed by atoms with Crippen LogP contribution >= 0.6 is 12.2 Å². The number of aliphatic imine (C=N–C) groups is 1. The van der Waals surface area contributed by atoms with Crippen molar-refractivity contribution < 1.29 is 4.79 Å². The first-order chi connectivity index (χ1) is 5.11. The average Bonchev–Trinajstić information content (AvgIpc) is 1.85. The molecule has 0 radical (unpaired) electrons. The molecule has 0 spiro atoms. The van der Waals surface area contributed by atoms with Crippen LogP contribution < -0.4 is 5.32 Å². The van der Waals surface area contributed by atoms with Crippen LogP contribution in [0.3, 0.4) is 0 Å². The lowest BCUT2D eigenvalue weighted by Crippen LogP contribution is -2.40. The molecule has 4 heteroatoms. The molecule has 1 rings (SSSR count). The Morgan fingerprint density at radius 2 is 2.36 bits per heavy atom. The Bertz CT molecular complexity index is 222. The summed E-state index contributed by atoms with van der Waals surface area (Å²) in [7, 11) is 0. The molecule has 0 aromatic heterocycles. The number of nitrogens with zero attached hydrogens (tertiary/aromatic N) is 1. The molecule has 60 valence electrons. The third kappa shape index (κ3) is 1.83. The molecule has 0 bridgehead atoms. The van der Waals surface area contributed by atoms with Crippen LogP contribution in [0.4, 0.5) is 0 Å². The molecule has 0 fully saturated rings. The Labute approximate surface area is 70.9 Å². The monoisotopic (exact) mass is 170 g/mol. The van der Waals surface area contributed by atoms with Crippen molar-refractivity contribution in [1.82, 2.24) is 5.32 Å². The summed E-state index contributed by atoms with van der Waals surface area (Å²) in [4.78, 5) is 15.0. The molecule has 1 amide bonds. The van der Waals surface area contributed by atoms with Crippen molar-refractivity contribution in [1.29, 1.82) is 0 Å². The van der Waals surface area contributed by atoms with Gasteiger partial charge in [0.05, 0.1) is 5.92 Å². The predicted octanol–water partition coefficient (Wildman–Crippen LogP) is 0.744. The first-order valence-corrected chi connectivity index (χ1v) is 3.91. The maximum atomic E-state index is 11.2. The number of nitrogens with one attached hydrogen (secondary N) is 1. The third-order valence-corrected chi connectivity index (χ3v) is 1.81. The van der Waals surface area contributed by atoms with E-state index < -0.39 is 0 Å². The fraction of sp³-hybridized carbons (Fsp3) is 0.571. The highest BCUT2D eigenvalue weighted by atomic mass is 32.1. The van der Waals surface area contributed by atoms with Gasteiger partial charge < -0.3 is 5.32 Å². The second-order valence-corrected chi connectivity index (χ2v) is 3.23. The van der Waals surface area contributed by atoms with Crippen molar-refractivity contribution in [3.8, 4) is 0 Å². The molecule has 0 saturated heterocycles. The number of amides is 1. The van der Waals surface area contributed by atoms with Crippen LogP contribution in [0, 0.1) is 11.8 Å². The summed E-state index contributed by atoms with van der Waals surface area (Å²) in [6, 6.07) is 0. The minimum absolute atomic E-state index is 0.0417. The van der Waals surface area contributed by atoms with Gasteiger partial charge in [0.25, 0.3) is 0 Å². The zero-order valence-corrected chi connectivity index (χ0v) is 7.31. The van der Waals surface area contributed by atoms with Crippen LogP contribution in [-0.4, -0.2) is 17.2 Å². The first kappa shape index (κ1) is 8.33. The van der Waals surface area contributed by atoms with E-state index in [9.17, 15) is 4.79 Å². The smallest absolute Gasteiger partial charge is 0.234 e. The third-order valence-electron chi connectivity index (χ3n) is 1.60. The van der Waals surface area contributed by atoms with E-state index in [-0.39, 0.29) is 22.9 Å². The lowest BCUT2D eigenvalue weighted by molar-refractivity contribution is -0.122. The molecule has 0 aliphatic carbocycles. The molecular formula is C7H10N2OS. The van der Waals surface area contributed by atoms with Crippen molar-refractivity contribution in [2.75, 3.05) is 0 Å². The Morgan fingerprint density at radius 3 is 2.82 bits per heavy atom. The van der Waals surface area contributed by atoms with Gasteiger partial charge in [-0.15, -0.1) is 0 Å². The number of hydrogen-bond acceptors (Lipinski definition) is 2. The minimum atomic E-state index is -0.123. The summed E-state index contributed by atoms with van der Waals surface area (Å²) in [5, 5.41) is 2.78. The Kier molecular flexibility index (Phi) is 2.34. The molecule has 1 aliphatic rings. The van der Waals surface area contributed by atoms with Gasteiger partial charge in [-0.3, -0.25) is 4.79 Å². The summed E-state index contributed by atoms with van der Waals surface area (Å²) in [5.74, 6) is 0.114. The van der Waals surface area contributed by atoms with Gasteiger partial charge in [0.2, 0.25) is 5.91 Å². The molecule has 0 aromatic carbocycles. The molecule has 11 heavy (non-hydrogen) atoms. The predicted molar refractivity (Wildman–Crippen MR) is 47.6 cm³/mol. The second kappa shape index (κ2) is 3.09. The highest BCUT2D eigenvalue weighted by molar-refractivity contribution is 7.80. The van der Waals surface area contributed by atoms with Crippen molar-refractivity contribution in [2.45, 2.75) is 13.8 Å². The van der Waals surface area contributed by atoms with Gasteiger partial charge in [-0.05, 0) is 18.1 Å². The standard InChI is InChI=1S/C7H10N2OS/c1-4(2)5-3-8-7(11)9-6(5)10/h3-5H,1-2H3,(H,9,10,11). The van der Waals surface area contributed by atoms with Gasteiger partial charge in [-0.1, -0.05) is 13.8 Å². The van der Waals surface area contributed by atoms with E-state index in [1.807, 2.05) is 13.8 Å². The lowest BCUT2D eigenvalue weighted by Gasteiger charge is -2.18. The minimum Gasteiger partial charge on any atom is -0.301 e. The molecule has 1 unspecified atom stereocenters. The van der Waals surface area contributed by atoms with E-state index >= 15 is 0 Å². The highest BCUT2D eigenvalue weighted by Crippen LogP contribution is 2.10. The maximum absolute atomic E-state index is 11.2. The normalized spacial score (nSPS) is 24.1. The fourth-order valence-corrected chi connectivity index (χ4v) is 1.07. The van der Waals surface area contributed by atoms with Crippen LogP contribution in [0.5, 0.6) is 0 Å². The number of thiocarbonyl (C=S) groups is 1. The van der Waals surface area contributed by atoms with E-state index in [2.05, 4.69) is 10.3 Å². The van der Waals surface area contributed by atoms with Crippen LogP contribution in [0.25, 0.3) is 0 Å². The van der Waals surface area contributed by atoms with Gasteiger partial charge >= 0.3 is 0 Å². The molecular weight excluding hydrogens is 160 g/mol. The topological polar surface area (TPSA) is 41.5 Å². The fourth-order valence-electron chi connectivity index (χ4n) is 0.912. The van der Waals surface area contributed by atoms with Crippen molar-refractivity contribution in [2.24, 2.45) is 16.8 Å². The summed E-state index contributed by atoms with van der Waals surface area (Å²) < 4.78 is 0. The van der Waals surface area contributed by atoms with Crippen molar-refractivity contribution in [3.63, 3.8) is 0 Å². The van der Waals surface area contributed by atoms with E-state index in [1.165, 1.54) is 0 Å². The molecule has 1 N–H and O–H groups in total. The zero-order chi connectivity index (χ0) is 8.43. The summed E-state index contributed by atoms with van der Waals surface area (Å²) in [5.41, 5.74) is 0. The maximum Gasteiger partial charge on any atom is 0.234 e. The van der Waals surface area contributed by atoms with Crippen LogP contribution in [-0.2, 0) is 4.79 Å². The van der Waals surface area contributed by atoms with E-state index in [0.29, 0.717) is 0 Å². The quantitative estimate of drug-likeness (QED) is 0.590. The largest absolute Gasteiger partial charge is 0.301 e. The zero-order valence-electron chi connectivity index (χ0n) is 6.50. The molecule has 0 saturated carbocycles. The van der Waals surface area contributed by atoms with Gasteiger partial charge in [-0.25, -0.2) is 4.99 Å². The molecule has 0 aromatic rings. The first-order valence-electron chi connectivity index (χ1n) is 3.50. The average molecular weight is 170 g/mol. The van der Waals surface area contributed by atoms with Crippen LogP contribution in [0.15, 0.2) is 4.99 Å². The number of carbonyl (C=O) groups is 1. The molecule has 1 atom stereocenters. The molecule has 1 aliphatic heterocycles. The summed E-state index contributed by atoms with van der Waals surface area (Å²) in [6.45, 7) is 3.95. The number of hydrogen-bond donors (Lipinski definition) is 1. The van der Waals surface area contributed by atoms with Crippen molar-refractivity contribution >= 4 is 29.5 Å². The van der Waals surface area contributed by atoms with E-state index in [4.69, 9.17) is 12.2 Å². The van der Waals surface area contributed by atoms with E-state index in [1.54, 1.807) is 6.21 Å². The van der Waals surface area contributed by atoms with Gasteiger partial charge in [-0.2, -0.15) is 0 Å². The lowest BCUT2D eigenvalue weighted by atomic mass is 9.96. The highest BCUT2D eigenvalue weighted by Gasteiger charge is 2.23. The van der Waals surface area contributed by atoms with E-state index in [0.717, 1.165) is 0 Å². The second-order valence-electron chi connectivity index (χ2n) is 2.84. The van der Waals surface area contributed by atoms with Gasteiger partial charge in [0.1, 0.15) is 0 Å². The summed E-state index contributed by atoms with van der Waals surface area (Å²) in [6.07, 6.45) is 1.62. The summed E-state index contributed by atoms with van der Waals surface area (Å²) >= 11 is 4.69. The SMILES string of the molecule is CC(C)C1C=NC(=S)NC1=O. The Morgan fingerprint density at radius 1 is 1.73 bits per heavy atom. The molecule has 1 heterocycles. The number of rotatable bonds is 1. The van der Waals surface area contributed by atoms with Gasteiger partial charge in [0.15, 0.2) is 5.11 Å². The Hall–Kier alpha value is -0.770. The number of carbonyl (C=O) groups excluding carboxylic acids is 1. The van der Waals surface area contributed by atoms with Gasteiger partial charge in [0, 0.05) is 6.21 Å². The molecule has 3 nitrogen and oxygen atoms in total. The van der Waals surface area contributed by atoms with Crippen LogP contribution in [0.2, 0.25) is 0 Å². The Balaban J connectivity index is 2.76.